The van der Waals surface area contributed by atoms with E-state index in [9.17, 15) is 22.8 Å². The second-order valence-electron chi connectivity index (χ2n) is 12.5. The van der Waals surface area contributed by atoms with Crippen LogP contribution >= 0.6 is 0 Å². The number of nitrogens with one attached hydrogen (secondary N) is 4. The monoisotopic (exact) mass is 635 g/mol. The largest absolute Gasteiger partial charge is 0.416 e. The zero-order valence-corrected chi connectivity index (χ0v) is 26.4. The van der Waals surface area contributed by atoms with Crippen LogP contribution in [0.15, 0.2) is 83.0 Å². The van der Waals surface area contributed by atoms with E-state index in [2.05, 4.69) is 47.0 Å². The molecule has 244 valence electrons. The molecule has 0 spiro atoms. The topological polar surface area (TPSA) is 122 Å². The molecule has 0 unspecified atom stereocenters. The highest BCUT2D eigenvalue weighted by molar-refractivity contribution is 6.05. The van der Waals surface area contributed by atoms with Crippen molar-refractivity contribution >= 4 is 23.6 Å². The number of hydrogen-bond donors (Lipinski definition) is 4. The second kappa shape index (κ2) is 14.6. The molecule has 0 bridgehead atoms. The lowest BCUT2D eigenvalue weighted by Gasteiger charge is -2.41. The lowest BCUT2D eigenvalue weighted by molar-refractivity contribution is -0.137. The first-order chi connectivity index (χ1) is 21.8. The molecule has 0 atom stereocenters. The molecule has 46 heavy (non-hydrogen) atoms. The van der Waals surface area contributed by atoms with Gasteiger partial charge < -0.3 is 15.6 Å². The van der Waals surface area contributed by atoms with Crippen molar-refractivity contribution in [2.24, 2.45) is 21.5 Å². The van der Waals surface area contributed by atoms with Gasteiger partial charge in [0.25, 0.3) is 11.9 Å². The molecule has 9 nitrogen and oxygen atoms in total. The number of benzene rings is 3. The molecule has 1 saturated carbocycles. The molecule has 1 fully saturated rings. The third-order valence-corrected chi connectivity index (χ3v) is 8.36. The van der Waals surface area contributed by atoms with Crippen molar-refractivity contribution < 1.29 is 22.8 Å². The first kappa shape index (κ1) is 34.1. The van der Waals surface area contributed by atoms with Gasteiger partial charge in [0, 0.05) is 30.9 Å². The molecule has 12 heteroatoms. The summed E-state index contributed by atoms with van der Waals surface area (Å²) in [6.07, 6.45) is -1.22. The summed E-state index contributed by atoms with van der Waals surface area (Å²) >= 11 is 0. The Labute approximate surface area is 267 Å². The van der Waals surface area contributed by atoms with Gasteiger partial charge in [-0.25, -0.2) is 10.3 Å². The number of nitrogens with zero attached hydrogens (tertiary/aromatic N) is 3. The quantitative estimate of drug-likeness (QED) is 0.0905. The lowest BCUT2D eigenvalue weighted by Crippen LogP contribution is -2.45. The van der Waals surface area contributed by atoms with E-state index < -0.39 is 23.7 Å². The highest BCUT2D eigenvalue weighted by Gasteiger charge is 2.35. The molecular weight excluding hydrogens is 595 g/mol. The lowest BCUT2D eigenvalue weighted by atomic mass is 9.71. The third-order valence-electron chi connectivity index (χ3n) is 8.36. The van der Waals surface area contributed by atoms with Crippen LogP contribution in [-0.2, 0) is 12.7 Å². The number of rotatable bonds is 7. The summed E-state index contributed by atoms with van der Waals surface area (Å²) in [7, 11) is 1.51. The minimum atomic E-state index is -4.60. The maximum absolute atomic E-state index is 13.9. The van der Waals surface area contributed by atoms with Gasteiger partial charge in [-0.1, -0.05) is 63.2 Å². The van der Waals surface area contributed by atoms with Gasteiger partial charge in [0.15, 0.2) is 0 Å². The minimum absolute atomic E-state index is 0.0536. The van der Waals surface area contributed by atoms with E-state index in [1.165, 1.54) is 7.05 Å². The summed E-state index contributed by atoms with van der Waals surface area (Å²) in [5, 5.41) is 12.1. The van der Waals surface area contributed by atoms with Gasteiger partial charge in [0.2, 0.25) is 0 Å². The minimum Gasteiger partial charge on any atom is -0.317 e. The van der Waals surface area contributed by atoms with Crippen LogP contribution in [0.4, 0.5) is 23.7 Å². The van der Waals surface area contributed by atoms with Crippen LogP contribution in [0, 0.1) is 16.9 Å². The van der Waals surface area contributed by atoms with Crippen LogP contribution in [0.1, 0.15) is 67.9 Å². The molecule has 0 aromatic heterocycles. The maximum atomic E-state index is 13.9. The predicted molar refractivity (Wildman–Crippen MR) is 172 cm³/mol. The van der Waals surface area contributed by atoms with Gasteiger partial charge in [0.1, 0.15) is 0 Å². The first-order valence-electron chi connectivity index (χ1n) is 15.2. The predicted octanol–water partition coefficient (Wildman–Crippen LogP) is 8.26. The molecule has 0 saturated heterocycles. The molecular formula is C34H40F3N7O2. The molecule has 4 rings (SSSR count). The summed E-state index contributed by atoms with van der Waals surface area (Å²) in [4.78, 5) is 28.2. The van der Waals surface area contributed by atoms with Crippen molar-refractivity contribution in [3.63, 3.8) is 0 Å². The van der Waals surface area contributed by atoms with Gasteiger partial charge in [-0.15, -0.1) is 10.2 Å². The average molecular weight is 636 g/mol. The summed E-state index contributed by atoms with van der Waals surface area (Å²) in [6, 6.07) is 18.3. The highest BCUT2D eigenvalue weighted by atomic mass is 19.4. The smallest absolute Gasteiger partial charge is 0.317 e. The van der Waals surface area contributed by atoms with E-state index in [0.29, 0.717) is 22.6 Å². The average Bonchev–Trinajstić information content (AvgIpc) is 3.03. The van der Waals surface area contributed by atoms with Gasteiger partial charge >= 0.3 is 12.2 Å². The number of carbonyl (C=O) groups is 2. The fourth-order valence-corrected chi connectivity index (χ4v) is 5.79. The Morgan fingerprint density at radius 2 is 1.57 bits per heavy atom. The van der Waals surface area contributed by atoms with Crippen LogP contribution in [0.2, 0.25) is 0 Å². The normalized spacial score (nSPS) is 17.2. The van der Waals surface area contributed by atoms with Crippen LogP contribution < -0.4 is 16.1 Å². The zero-order chi connectivity index (χ0) is 33.5. The van der Waals surface area contributed by atoms with Crippen LogP contribution in [0.5, 0.6) is 0 Å². The summed E-state index contributed by atoms with van der Waals surface area (Å²) in [5.74, 6) is -0.212. The Morgan fingerprint density at radius 3 is 2.13 bits per heavy atom. The Morgan fingerprint density at radius 1 is 0.913 bits per heavy atom. The number of hydrogen-bond acceptors (Lipinski definition) is 5. The van der Waals surface area contributed by atoms with Crippen molar-refractivity contribution in [1.82, 2.24) is 15.6 Å². The number of guanidine groups is 1. The first-order valence-corrected chi connectivity index (χ1v) is 15.2. The van der Waals surface area contributed by atoms with Crippen molar-refractivity contribution in [1.29, 1.82) is 5.53 Å². The zero-order valence-electron chi connectivity index (χ0n) is 26.4. The van der Waals surface area contributed by atoms with E-state index in [1.54, 1.807) is 65.6 Å². The Kier molecular flexibility index (Phi) is 10.8. The number of anilines is 1. The number of urea groups is 1. The molecule has 0 aliphatic heterocycles. The maximum Gasteiger partial charge on any atom is 0.416 e. The van der Waals surface area contributed by atoms with E-state index >= 15 is 0 Å². The Hall–Kier alpha value is -4.74. The van der Waals surface area contributed by atoms with Crippen LogP contribution in [-0.4, -0.2) is 35.9 Å². The van der Waals surface area contributed by atoms with Crippen molar-refractivity contribution in [3.05, 3.63) is 89.5 Å². The molecule has 3 aromatic carbocycles. The van der Waals surface area contributed by atoms with Crippen molar-refractivity contribution in [2.45, 2.75) is 65.2 Å². The molecule has 0 heterocycles. The molecule has 3 aromatic rings. The van der Waals surface area contributed by atoms with Gasteiger partial charge in [-0.3, -0.25) is 10.1 Å². The number of amides is 3. The highest BCUT2D eigenvalue weighted by Crippen LogP contribution is 2.40. The van der Waals surface area contributed by atoms with Crippen LogP contribution in [0.25, 0.3) is 11.1 Å². The summed E-state index contributed by atoms with van der Waals surface area (Å²) in [6.45, 7) is 6.83. The van der Waals surface area contributed by atoms with E-state index in [1.807, 2.05) is 0 Å². The fourth-order valence-electron chi connectivity index (χ4n) is 5.79. The molecule has 3 amide bonds. The van der Waals surface area contributed by atoms with Crippen molar-refractivity contribution in [3.8, 4) is 11.1 Å². The molecule has 1 aliphatic rings. The third kappa shape index (κ3) is 8.92. The van der Waals surface area contributed by atoms with E-state index in [4.69, 9.17) is 5.53 Å². The Bertz CT molecular complexity index is 1540. The van der Waals surface area contributed by atoms with E-state index in [0.717, 1.165) is 43.4 Å². The van der Waals surface area contributed by atoms with Crippen molar-refractivity contribution in [2.75, 3.05) is 12.4 Å². The number of halogens is 3. The second-order valence-corrected chi connectivity index (χ2v) is 12.5. The van der Waals surface area contributed by atoms with Gasteiger partial charge in [-0.2, -0.15) is 13.2 Å². The SMILES string of the molecule is CN/N=C(\N=N)NC(=O)c1ccc(CN(C(=O)Nc2cc(-c3ccccc3)cc(C(F)(F)F)c2)C2CCC(C(C)(C)C)CC2)cc1. The van der Waals surface area contributed by atoms with E-state index in [-0.39, 0.29) is 29.6 Å². The number of alkyl halides is 3. The van der Waals surface area contributed by atoms with Gasteiger partial charge in [-0.05, 0) is 84.0 Å². The summed E-state index contributed by atoms with van der Waals surface area (Å²) in [5.41, 5.74) is 10.9. The fraction of sp³-hybridized carbons (Fsp3) is 0.382. The van der Waals surface area contributed by atoms with Gasteiger partial charge in [0.05, 0.1) is 5.56 Å². The summed E-state index contributed by atoms with van der Waals surface area (Å²) < 4.78 is 41.7. The standard InChI is InChI=1S/C34H40F3N7O2/c1-33(2,3)26-14-16-29(17-15-26)44(21-22-10-12-24(13-11-22)30(45)41-31(42-38)43-39-4)32(46)40-28-19-25(23-8-6-5-7-9-23)18-27(20-28)34(35,36)37/h5-13,18-20,26,29,38-39H,14-17,21H2,1-4H3,(H,40,46)(H,41,43,45). The molecule has 0 radical (unpaired) electrons. The number of hydrazone groups is 1. The number of carbonyl (C=O) groups excluding carboxylic acids is 2. The molecule has 4 N–H and O–H groups in total. The van der Waals surface area contributed by atoms with Crippen LogP contribution in [0.3, 0.4) is 0 Å². The Balaban J connectivity index is 1.60. The molecule has 1 aliphatic carbocycles.